The Kier molecular flexibility index (Phi) is 5.04. The van der Waals surface area contributed by atoms with Gasteiger partial charge in [-0.15, -0.1) is 0 Å². The predicted molar refractivity (Wildman–Crippen MR) is 56.6 cm³/mol. The molecule has 1 unspecified atom stereocenters. The number of thioether (sulfide) groups is 1. The minimum Gasteiger partial charge on any atom is -0.329 e. The quantitative estimate of drug-likeness (QED) is 0.657. The van der Waals surface area contributed by atoms with Gasteiger partial charge < -0.3 is 5.73 Å². The second-order valence-corrected chi connectivity index (χ2v) is 4.40. The van der Waals surface area contributed by atoms with Crippen molar-refractivity contribution >= 4 is 11.8 Å². The summed E-state index contributed by atoms with van der Waals surface area (Å²) in [6.07, 6.45) is 6.15. The minimum atomic E-state index is 0.687. The topological polar surface area (TPSA) is 29.3 Å². The van der Waals surface area contributed by atoms with Gasteiger partial charge in [-0.25, -0.2) is 0 Å². The first-order chi connectivity index (χ1) is 5.88. The Hall–Kier alpha value is 0.270. The Morgan fingerprint density at radius 1 is 1.58 bits per heavy atom. The summed E-state index contributed by atoms with van der Waals surface area (Å²) in [5.74, 6) is 1.29. The van der Waals surface area contributed by atoms with E-state index in [0.717, 1.165) is 6.54 Å². The van der Waals surface area contributed by atoms with Gasteiger partial charge in [-0.2, -0.15) is 11.8 Å². The molecular weight excluding hydrogens is 168 g/mol. The summed E-state index contributed by atoms with van der Waals surface area (Å²) in [5, 5.41) is 0. The predicted octanol–water partition coefficient (Wildman–Crippen LogP) is 1.16. The summed E-state index contributed by atoms with van der Waals surface area (Å²) < 4.78 is 0. The van der Waals surface area contributed by atoms with Crippen molar-refractivity contribution in [1.29, 1.82) is 0 Å². The van der Waals surface area contributed by atoms with E-state index in [-0.39, 0.29) is 0 Å². The molecule has 2 nitrogen and oxygen atoms in total. The molecule has 3 heteroatoms. The molecule has 0 aromatic carbocycles. The van der Waals surface area contributed by atoms with E-state index in [2.05, 4.69) is 11.2 Å². The summed E-state index contributed by atoms with van der Waals surface area (Å²) >= 11 is 1.94. The number of hydrogen-bond acceptors (Lipinski definition) is 3. The van der Waals surface area contributed by atoms with Crippen molar-refractivity contribution in [3.8, 4) is 0 Å². The van der Waals surface area contributed by atoms with E-state index in [4.69, 9.17) is 5.73 Å². The van der Waals surface area contributed by atoms with E-state index >= 15 is 0 Å². The van der Waals surface area contributed by atoms with Gasteiger partial charge in [-0.1, -0.05) is 0 Å². The molecule has 0 saturated carbocycles. The monoisotopic (exact) mass is 188 g/mol. The molecule has 0 aromatic rings. The van der Waals surface area contributed by atoms with Crippen molar-refractivity contribution in [3.63, 3.8) is 0 Å². The SMILES string of the molecule is CSCCCN1CCCC1CN. The van der Waals surface area contributed by atoms with Gasteiger partial charge in [0.2, 0.25) is 0 Å². The van der Waals surface area contributed by atoms with E-state index in [1.807, 2.05) is 11.8 Å². The molecule has 1 atom stereocenters. The van der Waals surface area contributed by atoms with Gasteiger partial charge in [-0.3, -0.25) is 4.90 Å². The third-order valence-electron chi connectivity index (χ3n) is 2.56. The molecule has 0 spiro atoms. The molecule has 0 aromatic heterocycles. The van der Waals surface area contributed by atoms with Gasteiger partial charge in [0.05, 0.1) is 0 Å². The normalized spacial score (nSPS) is 25.0. The molecule has 12 heavy (non-hydrogen) atoms. The van der Waals surface area contributed by atoms with E-state index in [9.17, 15) is 0 Å². The van der Waals surface area contributed by atoms with E-state index in [1.54, 1.807) is 0 Å². The van der Waals surface area contributed by atoms with Crippen molar-refractivity contribution in [3.05, 3.63) is 0 Å². The lowest BCUT2D eigenvalue weighted by molar-refractivity contribution is 0.260. The lowest BCUT2D eigenvalue weighted by Crippen LogP contribution is -2.36. The van der Waals surface area contributed by atoms with Gasteiger partial charge in [0.15, 0.2) is 0 Å². The van der Waals surface area contributed by atoms with Crippen LogP contribution >= 0.6 is 11.8 Å². The highest BCUT2D eigenvalue weighted by atomic mass is 32.2. The average Bonchev–Trinajstić information content (AvgIpc) is 2.52. The van der Waals surface area contributed by atoms with Crippen LogP contribution in [0.15, 0.2) is 0 Å². The molecule has 1 rings (SSSR count). The van der Waals surface area contributed by atoms with Crippen LogP contribution in [0.25, 0.3) is 0 Å². The van der Waals surface area contributed by atoms with Crippen LogP contribution in [-0.4, -0.2) is 42.6 Å². The smallest absolute Gasteiger partial charge is 0.0218 e. The molecule has 72 valence electrons. The fourth-order valence-corrected chi connectivity index (χ4v) is 2.29. The largest absolute Gasteiger partial charge is 0.329 e. The highest BCUT2D eigenvalue weighted by Crippen LogP contribution is 2.16. The summed E-state index contributed by atoms with van der Waals surface area (Å²) in [7, 11) is 0. The highest BCUT2D eigenvalue weighted by molar-refractivity contribution is 7.98. The average molecular weight is 188 g/mol. The Morgan fingerprint density at radius 2 is 2.42 bits per heavy atom. The first-order valence-electron chi connectivity index (χ1n) is 4.81. The van der Waals surface area contributed by atoms with Crippen molar-refractivity contribution in [1.82, 2.24) is 4.90 Å². The van der Waals surface area contributed by atoms with Crippen LogP contribution in [-0.2, 0) is 0 Å². The van der Waals surface area contributed by atoms with E-state index < -0.39 is 0 Å². The first kappa shape index (κ1) is 10.4. The molecule has 1 fully saturated rings. The fraction of sp³-hybridized carbons (Fsp3) is 1.00. The Balaban J connectivity index is 2.12. The molecule has 0 bridgehead atoms. The number of rotatable bonds is 5. The maximum atomic E-state index is 5.68. The zero-order chi connectivity index (χ0) is 8.81. The molecule has 0 radical (unpaired) electrons. The minimum absolute atomic E-state index is 0.687. The van der Waals surface area contributed by atoms with Crippen LogP contribution < -0.4 is 5.73 Å². The third kappa shape index (κ3) is 2.96. The zero-order valence-electron chi connectivity index (χ0n) is 7.96. The summed E-state index contributed by atoms with van der Waals surface area (Å²) in [5.41, 5.74) is 5.68. The number of nitrogens with zero attached hydrogens (tertiary/aromatic N) is 1. The van der Waals surface area contributed by atoms with Gasteiger partial charge in [0.1, 0.15) is 0 Å². The Bertz CT molecular complexity index is 119. The highest BCUT2D eigenvalue weighted by Gasteiger charge is 2.21. The van der Waals surface area contributed by atoms with Gasteiger partial charge in [-0.05, 0) is 44.4 Å². The molecule has 1 heterocycles. The van der Waals surface area contributed by atoms with Crippen molar-refractivity contribution in [2.45, 2.75) is 25.3 Å². The molecule has 0 amide bonds. The summed E-state index contributed by atoms with van der Waals surface area (Å²) in [4.78, 5) is 2.55. The Morgan fingerprint density at radius 3 is 3.08 bits per heavy atom. The van der Waals surface area contributed by atoms with Crippen molar-refractivity contribution in [2.24, 2.45) is 5.73 Å². The fourth-order valence-electron chi connectivity index (χ4n) is 1.87. The Labute approximate surface area is 79.9 Å². The first-order valence-corrected chi connectivity index (χ1v) is 6.21. The maximum Gasteiger partial charge on any atom is 0.0218 e. The second kappa shape index (κ2) is 5.84. The molecule has 1 aliphatic heterocycles. The summed E-state index contributed by atoms with van der Waals surface area (Å²) in [6, 6.07) is 0.687. The maximum absolute atomic E-state index is 5.68. The molecular formula is C9H20N2S. The van der Waals surface area contributed by atoms with Gasteiger partial charge in [0, 0.05) is 12.6 Å². The number of hydrogen-bond donors (Lipinski definition) is 1. The molecule has 0 aliphatic carbocycles. The van der Waals surface area contributed by atoms with Gasteiger partial charge in [0.25, 0.3) is 0 Å². The zero-order valence-corrected chi connectivity index (χ0v) is 8.78. The molecule has 1 saturated heterocycles. The molecule has 2 N–H and O–H groups in total. The van der Waals surface area contributed by atoms with Crippen molar-refractivity contribution < 1.29 is 0 Å². The lowest BCUT2D eigenvalue weighted by Gasteiger charge is -2.22. The van der Waals surface area contributed by atoms with Crippen LogP contribution in [0.4, 0.5) is 0 Å². The van der Waals surface area contributed by atoms with Crippen LogP contribution in [0, 0.1) is 0 Å². The number of nitrogens with two attached hydrogens (primary N) is 1. The van der Waals surface area contributed by atoms with Crippen molar-refractivity contribution in [2.75, 3.05) is 31.6 Å². The van der Waals surface area contributed by atoms with Crippen LogP contribution in [0.3, 0.4) is 0 Å². The molecule has 1 aliphatic rings. The third-order valence-corrected chi connectivity index (χ3v) is 3.26. The van der Waals surface area contributed by atoms with E-state index in [1.165, 1.54) is 38.1 Å². The van der Waals surface area contributed by atoms with Crippen LogP contribution in [0.2, 0.25) is 0 Å². The van der Waals surface area contributed by atoms with E-state index in [0.29, 0.717) is 6.04 Å². The number of likely N-dealkylation sites (tertiary alicyclic amines) is 1. The summed E-state index contributed by atoms with van der Waals surface area (Å²) in [6.45, 7) is 3.37. The lowest BCUT2D eigenvalue weighted by atomic mass is 10.2. The van der Waals surface area contributed by atoms with Gasteiger partial charge >= 0.3 is 0 Å². The van der Waals surface area contributed by atoms with Crippen LogP contribution in [0.5, 0.6) is 0 Å². The second-order valence-electron chi connectivity index (χ2n) is 3.41. The standard InChI is InChI=1S/C9H20N2S/c1-12-7-3-6-11-5-2-4-9(11)8-10/h9H,2-8,10H2,1H3. The van der Waals surface area contributed by atoms with Crippen LogP contribution in [0.1, 0.15) is 19.3 Å².